The van der Waals surface area contributed by atoms with Crippen molar-refractivity contribution in [3.05, 3.63) is 35.7 Å². The number of allylic oxidation sites excluding steroid dienone is 1. The Morgan fingerprint density at radius 2 is 1.93 bits per heavy atom. The van der Waals surface area contributed by atoms with Gasteiger partial charge in [-0.05, 0) is 32.4 Å². The van der Waals surface area contributed by atoms with Crippen molar-refractivity contribution in [3.8, 4) is 0 Å². The zero-order chi connectivity index (χ0) is 11.0. The Labute approximate surface area is 89.0 Å². The second-order valence-corrected chi connectivity index (χ2v) is 4.12. The SMILES string of the molecule is Cc1ccc(C)n1[C@@H]1C=CC(C(=O)O)C1. The number of aliphatic carboxylic acids is 1. The minimum absolute atomic E-state index is 0.209. The van der Waals surface area contributed by atoms with Crippen molar-refractivity contribution in [1.29, 1.82) is 0 Å². The summed E-state index contributed by atoms with van der Waals surface area (Å²) in [6, 6.07) is 4.34. The topological polar surface area (TPSA) is 42.2 Å². The van der Waals surface area contributed by atoms with Crippen LogP contribution in [0.15, 0.2) is 24.3 Å². The van der Waals surface area contributed by atoms with Gasteiger partial charge in [0.15, 0.2) is 0 Å². The molecule has 2 atom stereocenters. The van der Waals surface area contributed by atoms with Crippen LogP contribution in [-0.4, -0.2) is 15.6 Å². The van der Waals surface area contributed by atoms with Crippen molar-refractivity contribution in [2.24, 2.45) is 5.92 Å². The first-order valence-electron chi connectivity index (χ1n) is 5.15. The molecule has 1 aliphatic rings. The second kappa shape index (κ2) is 3.57. The van der Waals surface area contributed by atoms with Gasteiger partial charge in [-0.3, -0.25) is 4.79 Å². The smallest absolute Gasteiger partial charge is 0.310 e. The number of carbonyl (C=O) groups is 1. The van der Waals surface area contributed by atoms with Crippen LogP contribution in [0.3, 0.4) is 0 Å². The van der Waals surface area contributed by atoms with E-state index in [0.717, 1.165) is 0 Å². The molecule has 3 nitrogen and oxygen atoms in total. The summed E-state index contributed by atoms with van der Waals surface area (Å²) in [5, 5.41) is 8.91. The molecule has 2 rings (SSSR count). The molecule has 0 spiro atoms. The van der Waals surface area contributed by atoms with E-state index < -0.39 is 5.97 Å². The van der Waals surface area contributed by atoms with Crippen LogP contribution in [0.25, 0.3) is 0 Å². The molecule has 1 heterocycles. The van der Waals surface area contributed by atoms with Gasteiger partial charge in [-0.1, -0.05) is 12.2 Å². The van der Waals surface area contributed by atoms with Gasteiger partial charge in [-0.15, -0.1) is 0 Å². The van der Waals surface area contributed by atoms with Gasteiger partial charge in [-0.25, -0.2) is 0 Å². The van der Waals surface area contributed by atoms with E-state index in [1.54, 1.807) is 6.08 Å². The molecular formula is C12H15NO2. The lowest BCUT2D eigenvalue weighted by Crippen LogP contribution is -2.13. The zero-order valence-electron chi connectivity index (χ0n) is 8.97. The van der Waals surface area contributed by atoms with E-state index in [1.165, 1.54) is 11.4 Å². The largest absolute Gasteiger partial charge is 0.481 e. The molecule has 0 fully saturated rings. The second-order valence-electron chi connectivity index (χ2n) is 4.12. The minimum Gasteiger partial charge on any atom is -0.481 e. The molecule has 0 aliphatic heterocycles. The molecule has 0 bridgehead atoms. The van der Waals surface area contributed by atoms with Gasteiger partial charge < -0.3 is 9.67 Å². The maximum Gasteiger partial charge on any atom is 0.310 e. The summed E-state index contributed by atoms with van der Waals surface area (Å²) < 4.78 is 2.19. The lowest BCUT2D eigenvalue weighted by molar-refractivity contribution is -0.140. The Balaban J connectivity index is 2.22. The average Bonchev–Trinajstić information content (AvgIpc) is 2.73. The van der Waals surface area contributed by atoms with E-state index in [1.807, 2.05) is 6.08 Å². The third-order valence-corrected chi connectivity index (χ3v) is 3.04. The number of aryl methyl sites for hydroxylation is 2. The summed E-state index contributed by atoms with van der Waals surface area (Å²) in [6.45, 7) is 4.10. The average molecular weight is 205 g/mol. The Hall–Kier alpha value is -1.51. The fraction of sp³-hybridized carbons (Fsp3) is 0.417. The third-order valence-electron chi connectivity index (χ3n) is 3.04. The normalized spacial score (nSPS) is 24.7. The van der Waals surface area contributed by atoms with Gasteiger partial charge in [0.05, 0.1) is 12.0 Å². The molecule has 1 N–H and O–H groups in total. The molecule has 0 amide bonds. The van der Waals surface area contributed by atoms with Crippen LogP contribution in [0.5, 0.6) is 0 Å². The predicted molar refractivity (Wildman–Crippen MR) is 57.8 cm³/mol. The molecular weight excluding hydrogens is 190 g/mol. The van der Waals surface area contributed by atoms with E-state index in [2.05, 4.69) is 30.5 Å². The molecule has 0 saturated heterocycles. The van der Waals surface area contributed by atoms with Crippen LogP contribution in [-0.2, 0) is 4.79 Å². The standard InChI is InChI=1S/C12H15NO2/c1-8-3-4-9(2)13(8)11-6-5-10(7-11)12(14)15/h3-6,10-11H,7H2,1-2H3,(H,14,15)/t10?,11-/m1/s1. The highest BCUT2D eigenvalue weighted by molar-refractivity contribution is 5.72. The Morgan fingerprint density at radius 1 is 1.33 bits per heavy atom. The van der Waals surface area contributed by atoms with Gasteiger partial charge in [-0.2, -0.15) is 0 Å². The van der Waals surface area contributed by atoms with E-state index >= 15 is 0 Å². The molecule has 0 saturated carbocycles. The van der Waals surface area contributed by atoms with Crippen molar-refractivity contribution >= 4 is 5.97 Å². The molecule has 15 heavy (non-hydrogen) atoms. The Bertz CT molecular complexity index is 398. The van der Waals surface area contributed by atoms with E-state index in [0.29, 0.717) is 6.42 Å². The van der Waals surface area contributed by atoms with Crippen molar-refractivity contribution < 1.29 is 9.90 Å². The molecule has 1 aromatic heterocycles. The van der Waals surface area contributed by atoms with Crippen LogP contribution >= 0.6 is 0 Å². The molecule has 1 aromatic rings. The summed E-state index contributed by atoms with van der Waals surface area (Å²) in [6.07, 6.45) is 4.47. The van der Waals surface area contributed by atoms with Crippen LogP contribution in [0.4, 0.5) is 0 Å². The van der Waals surface area contributed by atoms with Crippen molar-refractivity contribution in [2.45, 2.75) is 26.3 Å². The number of carboxylic acids is 1. The van der Waals surface area contributed by atoms with Crippen LogP contribution < -0.4 is 0 Å². The van der Waals surface area contributed by atoms with Gasteiger partial charge >= 0.3 is 5.97 Å². The number of carboxylic acid groups (broad SMARTS) is 1. The van der Waals surface area contributed by atoms with E-state index in [9.17, 15) is 4.79 Å². The maximum atomic E-state index is 10.8. The molecule has 0 aromatic carbocycles. The van der Waals surface area contributed by atoms with Crippen LogP contribution in [0.2, 0.25) is 0 Å². The predicted octanol–water partition coefficient (Wildman–Crippen LogP) is 2.31. The Kier molecular flexibility index (Phi) is 2.39. The monoisotopic (exact) mass is 205 g/mol. The highest BCUT2D eigenvalue weighted by atomic mass is 16.4. The van der Waals surface area contributed by atoms with Gasteiger partial charge in [0.2, 0.25) is 0 Å². The fourth-order valence-electron chi connectivity index (χ4n) is 2.26. The van der Waals surface area contributed by atoms with Gasteiger partial charge in [0.25, 0.3) is 0 Å². The maximum absolute atomic E-state index is 10.8. The molecule has 1 aliphatic carbocycles. The quantitative estimate of drug-likeness (QED) is 0.753. The highest BCUT2D eigenvalue weighted by Crippen LogP contribution is 2.30. The van der Waals surface area contributed by atoms with Gasteiger partial charge in [0.1, 0.15) is 0 Å². The lowest BCUT2D eigenvalue weighted by Gasteiger charge is -2.16. The summed E-state index contributed by atoms with van der Waals surface area (Å²) >= 11 is 0. The first-order chi connectivity index (χ1) is 7.09. The first kappa shape index (κ1) is 10.0. The summed E-state index contributed by atoms with van der Waals surface area (Å²) in [5.41, 5.74) is 2.38. The molecule has 0 radical (unpaired) electrons. The van der Waals surface area contributed by atoms with Crippen LogP contribution in [0, 0.1) is 19.8 Å². The Morgan fingerprint density at radius 3 is 2.40 bits per heavy atom. The molecule has 80 valence electrons. The number of nitrogens with zero attached hydrogens (tertiary/aromatic N) is 1. The van der Waals surface area contributed by atoms with E-state index in [4.69, 9.17) is 5.11 Å². The van der Waals surface area contributed by atoms with Crippen molar-refractivity contribution in [2.75, 3.05) is 0 Å². The lowest BCUT2D eigenvalue weighted by atomic mass is 10.1. The summed E-state index contributed by atoms with van der Waals surface area (Å²) in [5.74, 6) is -1.05. The molecule has 3 heteroatoms. The fourth-order valence-corrected chi connectivity index (χ4v) is 2.26. The summed E-state index contributed by atoms with van der Waals surface area (Å²) in [4.78, 5) is 10.8. The number of hydrogen-bond donors (Lipinski definition) is 1. The van der Waals surface area contributed by atoms with Crippen molar-refractivity contribution in [3.63, 3.8) is 0 Å². The van der Waals surface area contributed by atoms with E-state index in [-0.39, 0.29) is 12.0 Å². The molecule has 1 unspecified atom stereocenters. The number of aromatic nitrogens is 1. The third kappa shape index (κ3) is 1.69. The van der Waals surface area contributed by atoms with Gasteiger partial charge in [0, 0.05) is 11.4 Å². The van der Waals surface area contributed by atoms with Crippen LogP contribution in [0.1, 0.15) is 23.9 Å². The summed E-state index contributed by atoms with van der Waals surface area (Å²) in [7, 11) is 0. The number of hydrogen-bond acceptors (Lipinski definition) is 1. The number of rotatable bonds is 2. The first-order valence-corrected chi connectivity index (χ1v) is 5.15. The minimum atomic E-state index is -0.726. The highest BCUT2D eigenvalue weighted by Gasteiger charge is 2.26. The van der Waals surface area contributed by atoms with Crippen molar-refractivity contribution in [1.82, 2.24) is 4.57 Å². The zero-order valence-corrected chi connectivity index (χ0v) is 8.97.